The molecule has 0 unspecified atom stereocenters. The quantitative estimate of drug-likeness (QED) is 0.466. The molecule has 0 aliphatic heterocycles. The second kappa shape index (κ2) is 7.42. The van der Waals surface area contributed by atoms with Crippen LogP contribution >= 0.6 is 0 Å². The van der Waals surface area contributed by atoms with Gasteiger partial charge in [0, 0.05) is 17.5 Å². The second-order valence-corrected chi connectivity index (χ2v) is 8.03. The number of nitrogens with one attached hydrogen (secondary N) is 1. The number of benzene rings is 2. The Hall–Kier alpha value is -3.22. The summed E-state index contributed by atoms with van der Waals surface area (Å²) in [6.45, 7) is 6.48. The molecule has 0 aromatic heterocycles. The third kappa shape index (κ3) is 4.19. The van der Waals surface area contributed by atoms with E-state index in [0.29, 0.717) is 0 Å². The third-order valence-corrected chi connectivity index (χ3v) is 4.95. The van der Waals surface area contributed by atoms with E-state index in [1.807, 2.05) is 0 Å². The summed E-state index contributed by atoms with van der Waals surface area (Å²) in [5.41, 5.74) is 4.69. The van der Waals surface area contributed by atoms with Crippen molar-refractivity contribution < 1.29 is 14.8 Å². The van der Waals surface area contributed by atoms with Crippen molar-refractivity contribution in [2.24, 2.45) is 11.0 Å². The van der Waals surface area contributed by atoms with Crippen LogP contribution in [0.2, 0.25) is 0 Å². The van der Waals surface area contributed by atoms with Gasteiger partial charge < -0.3 is 5.11 Å². The summed E-state index contributed by atoms with van der Waals surface area (Å²) in [7, 11) is 0. The molecular formula is C21H23N3O4. The molecule has 2 N–H and O–H groups in total. The zero-order valence-corrected chi connectivity index (χ0v) is 16.0. The number of para-hydroxylation sites is 1. The lowest BCUT2D eigenvalue weighted by Crippen LogP contribution is -2.20. The molecule has 1 amide bonds. The van der Waals surface area contributed by atoms with Crippen molar-refractivity contribution in [3.63, 3.8) is 0 Å². The van der Waals surface area contributed by atoms with Crippen molar-refractivity contribution in [2.75, 3.05) is 0 Å². The summed E-state index contributed by atoms with van der Waals surface area (Å²) >= 11 is 0. The van der Waals surface area contributed by atoms with Gasteiger partial charge in [-0.2, -0.15) is 5.10 Å². The summed E-state index contributed by atoms with van der Waals surface area (Å²) < 4.78 is 0. The minimum absolute atomic E-state index is 0.0889. The van der Waals surface area contributed by atoms with Gasteiger partial charge >= 0.3 is 5.69 Å². The Kier molecular flexibility index (Phi) is 5.18. The van der Waals surface area contributed by atoms with E-state index < -0.39 is 16.4 Å². The molecule has 28 heavy (non-hydrogen) atoms. The molecule has 0 spiro atoms. The smallest absolute Gasteiger partial charge is 0.311 e. The highest BCUT2D eigenvalue weighted by molar-refractivity contribution is 5.88. The van der Waals surface area contributed by atoms with Gasteiger partial charge in [-0.05, 0) is 34.9 Å². The maximum absolute atomic E-state index is 12.3. The van der Waals surface area contributed by atoms with Gasteiger partial charge in [0.25, 0.3) is 0 Å². The van der Waals surface area contributed by atoms with Gasteiger partial charge in [0.2, 0.25) is 11.7 Å². The summed E-state index contributed by atoms with van der Waals surface area (Å²) in [5, 5.41) is 24.5. The monoisotopic (exact) mass is 381 g/mol. The molecule has 0 heterocycles. The average molecular weight is 381 g/mol. The number of hydrazone groups is 1. The van der Waals surface area contributed by atoms with E-state index in [2.05, 4.69) is 55.6 Å². The fourth-order valence-corrected chi connectivity index (χ4v) is 3.13. The summed E-state index contributed by atoms with van der Waals surface area (Å²) in [6, 6.07) is 12.5. The highest BCUT2D eigenvalue weighted by atomic mass is 16.6. The van der Waals surface area contributed by atoms with E-state index >= 15 is 0 Å². The zero-order chi connectivity index (χ0) is 20.5. The molecule has 1 saturated carbocycles. The number of nitrogens with zero attached hydrogens (tertiary/aromatic N) is 2. The number of nitro groups is 1. The fraction of sp³-hybridized carbons (Fsp3) is 0.333. The molecule has 1 aliphatic rings. The van der Waals surface area contributed by atoms with Gasteiger partial charge in [0.05, 0.1) is 11.1 Å². The van der Waals surface area contributed by atoms with Gasteiger partial charge in [0.1, 0.15) is 0 Å². The summed E-state index contributed by atoms with van der Waals surface area (Å²) in [6.07, 6.45) is 1.97. The van der Waals surface area contributed by atoms with E-state index in [0.717, 1.165) is 12.0 Å². The minimum atomic E-state index is -0.676. The Morgan fingerprint density at radius 1 is 1.25 bits per heavy atom. The van der Waals surface area contributed by atoms with Crippen LogP contribution in [0.4, 0.5) is 5.69 Å². The number of rotatable bonds is 5. The first-order chi connectivity index (χ1) is 13.2. The van der Waals surface area contributed by atoms with Gasteiger partial charge in [-0.15, -0.1) is 0 Å². The maximum atomic E-state index is 12.3. The minimum Gasteiger partial charge on any atom is -0.502 e. The van der Waals surface area contributed by atoms with E-state index in [1.54, 1.807) is 0 Å². The SMILES string of the molecule is CC(C)(C)c1ccc([C@H]2C[C@@H]2C(=O)N/N=C/c2cccc([N+](=O)[O-])c2O)cc1. The first-order valence-corrected chi connectivity index (χ1v) is 9.08. The molecule has 1 fully saturated rings. The zero-order valence-electron chi connectivity index (χ0n) is 16.0. The Labute approximate surface area is 163 Å². The molecule has 2 aromatic carbocycles. The number of nitro benzene ring substituents is 1. The van der Waals surface area contributed by atoms with Crippen LogP contribution in [-0.4, -0.2) is 22.2 Å². The molecule has 7 heteroatoms. The van der Waals surface area contributed by atoms with Crippen LogP contribution in [0.3, 0.4) is 0 Å². The number of carbonyl (C=O) groups excluding carboxylic acids is 1. The second-order valence-electron chi connectivity index (χ2n) is 8.03. The Morgan fingerprint density at radius 2 is 1.93 bits per heavy atom. The number of phenolic OH excluding ortho intramolecular Hbond substituents is 1. The van der Waals surface area contributed by atoms with Crippen molar-refractivity contribution in [2.45, 2.75) is 38.5 Å². The average Bonchev–Trinajstić information content (AvgIpc) is 3.43. The molecule has 146 valence electrons. The normalized spacial score (nSPS) is 18.8. The highest BCUT2D eigenvalue weighted by Gasteiger charge is 2.44. The molecule has 0 radical (unpaired) electrons. The van der Waals surface area contributed by atoms with Gasteiger partial charge in [0.15, 0.2) is 0 Å². The van der Waals surface area contributed by atoms with Crippen molar-refractivity contribution in [1.29, 1.82) is 0 Å². The molecule has 0 bridgehead atoms. The van der Waals surface area contributed by atoms with Crippen LogP contribution in [0.25, 0.3) is 0 Å². The topological polar surface area (TPSA) is 105 Å². The molecule has 0 saturated heterocycles. The van der Waals surface area contributed by atoms with Crippen LogP contribution in [0.15, 0.2) is 47.6 Å². The van der Waals surface area contributed by atoms with Crippen molar-refractivity contribution >= 4 is 17.8 Å². The van der Waals surface area contributed by atoms with Crippen molar-refractivity contribution in [1.82, 2.24) is 5.43 Å². The Bertz CT molecular complexity index is 930. The lowest BCUT2D eigenvalue weighted by atomic mass is 9.86. The predicted octanol–water partition coefficient (Wildman–Crippen LogP) is 3.85. The number of phenols is 1. The van der Waals surface area contributed by atoms with Crippen molar-refractivity contribution in [3.8, 4) is 5.75 Å². The number of hydrogen-bond donors (Lipinski definition) is 2. The third-order valence-electron chi connectivity index (χ3n) is 4.95. The first kappa shape index (κ1) is 19.5. The molecule has 7 nitrogen and oxygen atoms in total. The van der Waals surface area contributed by atoms with Crippen LogP contribution in [0, 0.1) is 16.0 Å². The summed E-state index contributed by atoms with van der Waals surface area (Å²) in [4.78, 5) is 22.4. The van der Waals surface area contributed by atoms with Crippen LogP contribution < -0.4 is 5.43 Å². The maximum Gasteiger partial charge on any atom is 0.311 e. The Balaban J connectivity index is 1.59. The fourth-order valence-electron chi connectivity index (χ4n) is 3.13. The largest absolute Gasteiger partial charge is 0.502 e. The number of aromatic hydroxyl groups is 1. The molecule has 2 aromatic rings. The van der Waals surface area contributed by atoms with Crippen molar-refractivity contribution in [3.05, 3.63) is 69.3 Å². The van der Waals surface area contributed by atoms with Gasteiger partial charge in [-0.1, -0.05) is 51.1 Å². The van der Waals surface area contributed by atoms with Gasteiger partial charge in [-0.25, -0.2) is 5.43 Å². The standard InChI is InChI=1S/C21H23N3O4/c1-21(2,3)15-9-7-13(8-10-15)16-11-17(16)20(26)23-22-12-14-5-4-6-18(19(14)25)24(27)28/h4-10,12,16-17,25H,11H2,1-3H3,(H,23,26)/b22-12+/t16-,17+/m1/s1. The van der Waals surface area contributed by atoms with E-state index in [1.165, 1.54) is 30.0 Å². The number of carbonyl (C=O) groups is 1. The lowest BCUT2D eigenvalue weighted by Gasteiger charge is -2.19. The lowest BCUT2D eigenvalue weighted by molar-refractivity contribution is -0.385. The van der Waals surface area contributed by atoms with Gasteiger partial charge in [-0.3, -0.25) is 14.9 Å². The molecule has 3 rings (SSSR count). The van der Waals surface area contributed by atoms with E-state index in [9.17, 15) is 20.0 Å². The van der Waals surface area contributed by atoms with Crippen LogP contribution in [0.1, 0.15) is 49.8 Å². The van der Waals surface area contributed by atoms with Crippen LogP contribution in [0.5, 0.6) is 5.75 Å². The predicted molar refractivity (Wildman–Crippen MR) is 106 cm³/mol. The first-order valence-electron chi connectivity index (χ1n) is 9.08. The Morgan fingerprint density at radius 3 is 2.54 bits per heavy atom. The van der Waals surface area contributed by atoms with Crippen LogP contribution in [-0.2, 0) is 10.2 Å². The molecule has 1 aliphatic carbocycles. The number of amides is 1. The molecule has 2 atom stereocenters. The molecular weight excluding hydrogens is 358 g/mol. The highest BCUT2D eigenvalue weighted by Crippen LogP contribution is 2.47. The van der Waals surface area contributed by atoms with E-state index in [-0.39, 0.29) is 28.7 Å². The summed E-state index contributed by atoms with van der Waals surface area (Å²) in [5.74, 6) is -0.647. The van der Waals surface area contributed by atoms with E-state index in [4.69, 9.17) is 0 Å². The number of hydrogen-bond acceptors (Lipinski definition) is 5.